The summed E-state index contributed by atoms with van der Waals surface area (Å²) in [5, 5.41) is 2.87. The molecule has 2 nitrogen and oxygen atoms in total. The van der Waals surface area contributed by atoms with Crippen molar-refractivity contribution in [2.45, 2.75) is 31.7 Å². The SMILES string of the molecule is CC(C)(C)NC(=O)C(Cl)c1ccc(-c2ccccc2Cl)cc1. The third-order valence-electron chi connectivity index (χ3n) is 3.12. The molecule has 0 spiro atoms. The van der Waals surface area contributed by atoms with Crippen LogP contribution < -0.4 is 5.32 Å². The second-order valence-electron chi connectivity index (χ2n) is 6.20. The molecule has 2 aromatic rings. The first kappa shape index (κ1) is 16.9. The van der Waals surface area contributed by atoms with E-state index in [1.807, 2.05) is 69.3 Å². The van der Waals surface area contributed by atoms with Gasteiger partial charge in [0.15, 0.2) is 0 Å². The van der Waals surface area contributed by atoms with Crippen LogP contribution in [0.4, 0.5) is 0 Å². The minimum Gasteiger partial charge on any atom is -0.350 e. The molecule has 116 valence electrons. The van der Waals surface area contributed by atoms with Crippen molar-refractivity contribution < 1.29 is 4.79 Å². The lowest BCUT2D eigenvalue weighted by atomic mass is 10.0. The minimum atomic E-state index is -0.709. The van der Waals surface area contributed by atoms with E-state index in [1.54, 1.807) is 0 Å². The van der Waals surface area contributed by atoms with E-state index < -0.39 is 5.38 Å². The molecule has 1 N–H and O–H groups in total. The van der Waals surface area contributed by atoms with Gasteiger partial charge in [0, 0.05) is 16.1 Å². The number of benzene rings is 2. The van der Waals surface area contributed by atoms with Crippen LogP contribution >= 0.6 is 23.2 Å². The van der Waals surface area contributed by atoms with Crippen LogP contribution in [0, 0.1) is 0 Å². The summed E-state index contributed by atoms with van der Waals surface area (Å²) in [6.45, 7) is 5.78. The first-order valence-electron chi connectivity index (χ1n) is 7.09. The summed E-state index contributed by atoms with van der Waals surface area (Å²) in [4.78, 5) is 12.1. The Morgan fingerprint density at radius 1 is 1.05 bits per heavy atom. The lowest BCUT2D eigenvalue weighted by Gasteiger charge is -2.22. The van der Waals surface area contributed by atoms with Crippen molar-refractivity contribution in [1.29, 1.82) is 0 Å². The van der Waals surface area contributed by atoms with Gasteiger partial charge in [-0.05, 0) is 38.0 Å². The van der Waals surface area contributed by atoms with Gasteiger partial charge in [-0.15, -0.1) is 11.6 Å². The Morgan fingerprint density at radius 3 is 2.18 bits per heavy atom. The maximum atomic E-state index is 12.1. The number of hydrogen-bond donors (Lipinski definition) is 1. The predicted molar refractivity (Wildman–Crippen MR) is 93.4 cm³/mol. The molecule has 0 saturated carbocycles. The molecule has 1 atom stereocenters. The standard InChI is InChI=1S/C18H19Cl2NO/c1-18(2,3)21-17(22)16(20)13-10-8-12(9-11-13)14-6-4-5-7-15(14)19/h4-11,16H,1-3H3,(H,21,22). The fraction of sp³-hybridized carbons (Fsp3) is 0.278. The van der Waals surface area contributed by atoms with Crippen LogP contribution in [0.3, 0.4) is 0 Å². The molecule has 0 aliphatic rings. The Morgan fingerprint density at radius 2 is 1.64 bits per heavy atom. The third kappa shape index (κ3) is 4.25. The van der Waals surface area contributed by atoms with E-state index >= 15 is 0 Å². The second kappa shape index (κ2) is 6.72. The molecule has 0 aliphatic carbocycles. The van der Waals surface area contributed by atoms with Gasteiger partial charge in [0.1, 0.15) is 5.38 Å². The average molecular weight is 336 g/mol. The Labute approximate surface area is 141 Å². The summed E-state index contributed by atoms with van der Waals surface area (Å²) in [5.74, 6) is -0.195. The van der Waals surface area contributed by atoms with Crippen LogP contribution in [0.25, 0.3) is 11.1 Å². The van der Waals surface area contributed by atoms with Gasteiger partial charge >= 0.3 is 0 Å². The summed E-state index contributed by atoms with van der Waals surface area (Å²) in [6, 6.07) is 15.2. The average Bonchev–Trinajstić information content (AvgIpc) is 2.45. The Kier molecular flexibility index (Phi) is 5.15. The van der Waals surface area contributed by atoms with Crippen molar-refractivity contribution in [2.24, 2.45) is 0 Å². The fourth-order valence-electron chi connectivity index (χ4n) is 2.11. The zero-order valence-corrected chi connectivity index (χ0v) is 14.4. The number of carbonyl (C=O) groups is 1. The van der Waals surface area contributed by atoms with Gasteiger partial charge in [0.25, 0.3) is 0 Å². The van der Waals surface area contributed by atoms with Crippen molar-refractivity contribution in [3.05, 3.63) is 59.1 Å². The number of nitrogens with one attached hydrogen (secondary N) is 1. The molecular weight excluding hydrogens is 317 g/mol. The first-order valence-corrected chi connectivity index (χ1v) is 7.90. The topological polar surface area (TPSA) is 29.1 Å². The zero-order chi connectivity index (χ0) is 16.3. The number of amides is 1. The highest BCUT2D eigenvalue weighted by molar-refractivity contribution is 6.33. The smallest absolute Gasteiger partial charge is 0.242 e. The van der Waals surface area contributed by atoms with Crippen LogP contribution in [-0.2, 0) is 4.79 Å². The highest BCUT2D eigenvalue weighted by atomic mass is 35.5. The van der Waals surface area contributed by atoms with Gasteiger partial charge in [-0.25, -0.2) is 0 Å². The van der Waals surface area contributed by atoms with E-state index in [9.17, 15) is 4.79 Å². The monoisotopic (exact) mass is 335 g/mol. The summed E-state index contributed by atoms with van der Waals surface area (Å²) < 4.78 is 0. The van der Waals surface area contributed by atoms with Crippen LogP contribution in [0.1, 0.15) is 31.7 Å². The summed E-state index contributed by atoms with van der Waals surface area (Å²) in [7, 11) is 0. The number of hydrogen-bond acceptors (Lipinski definition) is 1. The van der Waals surface area contributed by atoms with E-state index in [2.05, 4.69) is 5.32 Å². The molecule has 0 aliphatic heterocycles. The van der Waals surface area contributed by atoms with Gasteiger partial charge in [0.2, 0.25) is 5.91 Å². The molecule has 0 saturated heterocycles. The maximum absolute atomic E-state index is 12.1. The van der Waals surface area contributed by atoms with Gasteiger partial charge in [-0.3, -0.25) is 4.79 Å². The fourth-order valence-corrected chi connectivity index (χ4v) is 2.56. The molecule has 1 amide bonds. The highest BCUT2D eigenvalue weighted by Gasteiger charge is 2.22. The second-order valence-corrected chi connectivity index (χ2v) is 7.05. The molecule has 2 aromatic carbocycles. The third-order valence-corrected chi connectivity index (χ3v) is 3.90. The van der Waals surface area contributed by atoms with E-state index in [0.29, 0.717) is 5.02 Å². The van der Waals surface area contributed by atoms with Crippen molar-refractivity contribution >= 4 is 29.1 Å². The molecule has 4 heteroatoms. The van der Waals surface area contributed by atoms with Crippen molar-refractivity contribution in [2.75, 3.05) is 0 Å². The van der Waals surface area contributed by atoms with Gasteiger partial charge in [-0.2, -0.15) is 0 Å². The van der Waals surface area contributed by atoms with E-state index in [4.69, 9.17) is 23.2 Å². The van der Waals surface area contributed by atoms with Gasteiger partial charge in [-0.1, -0.05) is 54.1 Å². The normalized spacial score (nSPS) is 12.8. The van der Waals surface area contributed by atoms with Crippen molar-refractivity contribution in [3.63, 3.8) is 0 Å². The predicted octanol–water partition coefficient (Wildman–Crippen LogP) is 5.20. The van der Waals surface area contributed by atoms with Crippen LogP contribution in [0.2, 0.25) is 5.02 Å². The molecule has 0 aromatic heterocycles. The molecule has 22 heavy (non-hydrogen) atoms. The van der Waals surface area contributed by atoms with Gasteiger partial charge in [0.05, 0.1) is 0 Å². The lowest BCUT2D eigenvalue weighted by molar-refractivity contribution is -0.122. The van der Waals surface area contributed by atoms with Crippen LogP contribution in [0.15, 0.2) is 48.5 Å². The largest absolute Gasteiger partial charge is 0.350 e. The summed E-state index contributed by atoms with van der Waals surface area (Å²) in [6.07, 6.45) is 0. The number of carbonyl (C=O) groups excluding carboxylic acids is 1. The number of alkyl halides is 1. The molecular formula is C18H19Cl2NO. The van der Waals surface area contributed by atoms with E-state index in [0.717, 1.165) is 16.7 Å². The summed E-state index contributed by atoms with van der Waals surface area (Å²) in [5.41, 5.74) is 2.41. The highest BCUT2D eigenvalue weighted by Crippen LogP contribution is 2.29. The number of rotatable bonds is 3. The minimum absolute atomic E-state index is 0.195. The molecule has 2 rings (SSSR count). The van der Waals surface area contributed by atoms with E-state index in [1.165, 1.54) is 0 Å². The van der Waals surface area contributed by atoms with Crippen LogP contribution in [0.5, 0.6) is 0 Å². The van der Waals surface area contributed by atoms with E-state index in [-0.39, 0.29) is 11.4 Å². The first-order chi connectivity index (χ1) is 10.3. The molecule has 0 heterocycles. The Hall–Kier alpha value is -1.51. The van der Waals surface area contributed by atoms with Gasteiger partial charge < -0.3 is 5.32 Å². The molecule has 0 fully saturated rings. The molecule has 1 unspecified atom stereocenters. The number of halogens is 2. The molecule has 0 bridgehead atoms. The lowest BCUT2D eigenvalue weighted by Crippen LogP contribution is -2.42. The van der Waals surface area contributed by atoms with Crippen molar-refractivity contribution in [3.8, 4) is 11.1 Å². The van der Waals surface area contributed by atoms with Crippen molar-refractivity contribution in [1.82, 2.24) is 5.32 Å². The Bertz CT molecular complexity index is 660. The van der Waals surface area contributed by atoms with Crippen LogP contribution in [-0.4, -0.2) is 11.4 Å². The molecule has 0 radical (unpaired) electrons. The zero-order valence-electron chi connectivity index (χ0n) is 12.9. The quantitative estimate of drug-likeness (QED) is 0.767. The summed E-state index contributed by atoms with van der Waals surface area (Å²) >= 11 is 12.4. The Balaban J connectivity index is 2.19. The maximum Gasteiger partial charge on any atom is 0.242 e.